The number of nitrogens with one attached hydrogen (secondary N) is 1. The molecule has 106 valence electrons. The maximum Gasteiger partial charge on any atom is 0.227 e. The van der Waals surface area contributed by atoms with Gasteiger partial charge < -0.3 is 19.5 Å². The Kier molecular flexibility index (Phi) is 4.30. The molecule has 0 aliphatic carbocycles. The molecule has 0 spiro atoms. The van der Waals surface area contributed by atoms with Gasteiger partial charge in [0.1, 0.15) is 0 Å². The first-order chi connectivity index (χ1) is 9.93. The van der Waals surface area contributed by atoms with Crippen molar-refractivity contribution in [1.29, 1.82) is 0 Å². The van der Waals surface area contributed by atoms with Crippen molar-refractivity contribution in [2.45, 2.75) is 12.6 Å². The van der Waals surface area contributed by atoms with E-state index in [-0.39, 0.29) is 6.04 Å². The number of hydrogen-bond donors (Lipinski definition) is 1. The Morgan fingerprint density at radius 3 is 3.00 bits per heavy atom. The summed E-state index contributed by atoms with van der Waals surface area (Å²) in [5.74, 6) is 0.819. The van der Waals surface area contributed by atoms with E-state index in [0.29, 0.717) is 13.2 Å². The quantitative estimate of drug-likeness (QED) is 0.898. The molecule has 1 aromatic carbocycles. The molecule has 1 unspecified atom stereocenters. The molecule has 2 aromatic rings. The highest BCUT2D eigenvalue weighted by atomic mass is 16.5. The Labute approximate surface area is 118 Å². The van der Waals surface area contributed by atoms with Crippen LogP contribution in [0.1, 0.15) is 5.56 Å². The number of hydrogen-bond acceptors (Lipinski definition) is 5. The SMILES string of the molecule is c1ccc(COCC2CNCCN2c2ccno2)cc1. The highest BCUT2D eigenvalue weighted by Gasteiger charge is 2.24. The molecule has 20 heavy (non-hydrogen) atoms. The molecule has 1 fully saturated rings. The molecule has 3 rings (SSSR count). The summed E-state index contributed by atoms with van der Waals surface area (Å²) >= 11 is 0. The van der Waals surface area contributed by atoms with Crippen LogP contribution in [0.4, 0.5) is 5.88 Å². The zero-order valence-corrected chi connectivity index (χ0v) is 11.4. The summed E-state index contributed by atoms with van der Waals surface area (Å²) in [6.07, 6.45) is 1.68. The largest absolute Gasteiger partial charge is 0.375 e. The minimum absolute atomic E-state index is 0.278. The second kappa shape index (κ2) is 6.54. The third-order valence-electron chi connectivity index (χ3n) is 3.48. The summed E-state index contributed by atoms with van der Waals surface area (Å²) in [4.78, 5) is 2.22. The van der Waals surface area contributed by atoms with Crippen molar-refractivity contribution >= 4 is 5.88 Å². The Bertz CT molecular complexity index is 501. The molecule has 1 N–H and O–H groups in total. The molecule has 5 heteroatoms. The van der Waals surface area contributed by atoms with Crippen molar-refractivity contribution in [2.75, 3.05) is 31.1 Å². The van der Waals surface area contributed by atoms with Gasteiger partial charge in [0.05, 0.1) is 25.5 Å². The molecule has 1 aromatic heterocycles. The summed E-state index contributed by atoms with van der Waals surface area (Å²) in [6.45, 7) is 4.07. The van der Waals surface area contributed by atoms with E-state index in [1.807, 2.05) is 24.3 Å². The Morgan fingerprint density at radius 1 is 1.30 bits per heavy atom. The van der Waals surface area contributed by atoms with E-state index in [0.717, 1.165) is 25.5 Å². The molecule has 1 aliphatic rings. The van der Waals surface area contributed by atoms with E-state index in [1.165, 1.54) is 5.56 Å². The van der Waals surface area contributed by atoms with Crippen LogP contribution < -0.4 is 10.2 Å². The van der Waals surface area contributed by atoms with Crippen molar-refractivity contribution < 1.29 is 9.26 Å². The normalized spacial score (nSPS) is 19.2. The van der Waals surface area contributed by atoms with Gasteiger partial charge in [0, 0.05) is 25.7 Å². The number of aromatic nitrogens is 1. The summed E-state index contributed by atoms with van der Waals surface area (Å²) in [5.41, 5.74) is 1.20. The van der Waals surface area contributed by atoms with Gasteiger partial charge in [-0.05, 0) is 5.56 Å². The molecule has 0 saturated carbocycles. The Balaban J connectivity index is 1.55. The summed E-state index contributed by atoms with van der Waals surface area (Å²) in [7, 11) is 0. The Morgan fingerprint density at radius 2 is 2.20 bits per heavy atom. The van der Waals surface area contributed by atoms with Gasteiger partial charge in [0.15, 0.2) is 0 Å². The van der Waals surface area contributed by atoms with Crippen molar-refractivity contribution in [3.63, 3.8) is 0 Å². The maximum atomic E-state index is 5.84. The first kappa shape index (κ1) is 13.1. The van der Waals surface area contributed by atoms with Crippen molar-refractivity contribution in [1.82, 2.24) is 10.5 Å². The maximum absolute atomic E-state index is 5.84. The van der Waals surface area contributed by atoms with Gasteiger partial charge in [-0.25, -0.2) is 0 Å². The summed E-state index contributed by atoms with van der Waals surface area (Å²) in [6, 6.07) is 12.4. The van der Waals surface area contributed by atoms with E-state index in [9.17, 15) is 0 Å². The van der Waals surface area contributed by atoms with Crippen LogP contribution in [0.25, 0.3) is 0 Å². The minimum Gasteiger partial charge on any atom is -0.375 e. The van der Waals surface area contributed by atoms with E-state index in [1.54, 1.807) is 6.20 Å². The number of anilines is 1. The lowest BCUT2D eigenvalue weighted by Crippen LogP contribution is -2.53. The smallest absolute Gasteiger partial charge is 0.227 e. The fraction of sp³-hybridized carbons (Fsp3) is 0.400. The second-order valence-electron chi connectivity index (χ2n) is 4.90. The van der Waals surface area contributed by atoms with Gasteiger partial charge in [-0.1, -0.05) is 35.5 Å². The molecule has 1 atom stereocenters. The molecular weight excluding hydrogens is 254 g/mol. The number of piperazine rings is 1. The number of rotatable bonds is 5. The average Bonchev–Trinajstić information content (AvgIpc) is 3.03. The number of nitrogens with zero attached hydrogens (tertiary/aromatic N) is 2. The minimum atomic E-state index is 0.278. The molecule has 2 heterocycles. The van der Waals surface area contributed by atoms with Gasteiger partial charge in [-0.2, -0.15) is 0 Å². The predicted octanol–water partition coefficient (Wildman–Crippen LogP) is 1.67. The van der Waals surface area contributed by atoms with Crippen LogP contribution in [0.15, 0.2) is 47.1 Å². The van der Waals surface area contributed by atoms with Crippen molar-refractivity contribution in [3.05, 3.63) is 48.2 Å². The third-order valence-corrected chi connectivity index (χ3v) is 3.48. The van der Waals surface area contributed by atoms with E-state index in [2.05, 4.69) is 27.5 Å². The van der Waals surface area contributed by atoms with Crippen LogP contribution in [-0.2, 0) is 11.3 Å². The predicted molar refractivity (Wildman–Crippen MR) is 76.6 cm³/mol. The average molecular weight is 273 g/mol. The summed E-state index contributed by atoms with van der Waals surface area (Å²) in [5, 5.41) is 7.17. The van der Waals surface area contributed by atoms with Gasteiger partial charge in [-0.3, -0.25) is 0 Å². The lowest BCUT2D eigenvalue weighted by atomic mass is 10.2. The first-order valence-electron chi connectivity index (χ1n) is 6.93. The topological polar surface area (TPSA) is 50.5 Å². The van der Waals surface area contributed by atoms with Crippen molar-refractivity contribution in [3.8, 4) is 0 Å². The highest BCUT2D eigenvalue weighted by molar-refractivity contribution is 5.35. The number of ether oxygens (including phenoxy) is 1. The van der Waals surface area contributed by atoms with Crippen LogP contribution in [0.2, 0.25) is 0 Å². The summed E-state index contributed by atoms with van der Waals surface area (Å²) < 4.78 is 11.1. The molecule has 5 nitrogen and oxygen atoms in total. The van der Waals surface area contributed by atoms with E-state index < -0.39 is 0 Å². The lowest BCUT2D eigenvalue weighted by Gasteiger charge is -2.35. The molecular formula is C15H19N3O2. The highest BCUT2D eigenvalue weighted by Crippen LogP contribution is 2.17. The van der Waals surface area contributed by atoms with Crippen LogP contribution in [-0.4, -0.2) is 37.4 Å². The molecule has 1 saturated heterocycles. The van der Waals surface area contributed by atoms with E-state index in [4.69, 9.17) is 9.26 Å². The Hall–Kier alpha value is -1.85. The monoisotopic (exact) mass is 273 g/mol. The fourth-order valence-electron chi connectivity index (χ4n) is 2.44. The fourth-order valence-corrected chi connectivity index (χ4v) is 2.44. The van der Waals surface area contributed by atoms with Crippen LogP contribution in [0, 0.1) is 0 Å². The molecule has 1 aliphatic heterocycles. The zero-order chi connectivity index (χ0) is 13.6. The van der Waals surface area contributed by atoms with Crippen LogP contribution in [0.3, 0.4) is 0 Å². The van der Waals surface area contributed by atoms with Crippen LogP contribution >= 0.6 is 0 Å². The lowest BCUT2D eigenvalue weighted by molar-refractivity contribution is 0.101. The molecule has 0 bridgehead atoms. The molecule has 0 amide bonds. The van der Waals surface area contributed by atoms with Gasteiger partial charge in [0.2, 0.25) is 5.88 Å². The van der Waals surface area contributed by atoms with Crippen LogP contribution in [0.5, 0.6) is 0 Å². The van der Waals surface area contributed by atoms with Gasteiger partial charge >= 0.3 is 0 Å². The first-order valence-corrected chi connectivity index (χ1v) is 6.93. The van der Waals surface area contributed by atoms with E-state index >= 15 is 0 Å². The van der Waals surface area contributed by atoms with Gasteiger partial charge in [-0.15, -0.1) is 0 Å². The molecule has 0 radical (unpaired) electrons. The van der Waals surface area contributed by atoms with Gasteiger partial charge in [0.25, 0.3) is 0 Å². The third kappa shape index (κ3) is 3.18. The zero-order valence-electron chi connectivity index (χ0n) is 11.4. The number of benzene rings is 1. The standard InChI is InChI=1S/C15H19N3O2/c1-2-4-13(5-3-1)11-19-12-14-10-16-8-9-18(14)15-6-7-17-20-15/h1-7,14,16H,8-12H2. The second-order valence-corrected chi connectivity index (χ2v) is 4.90. The van der Waals surface area contributed by atoms with Crippen molar-refractivity contribution in [2.24, 2.45) is 0 Å².